The Morgan fingerprint density at radius 3 is 2.06 bits per heavy atom. The monoisotopic (exact) mass is 662 g/mol. The van der Waals surface area contributed by atoms with Crippen molar-refractivity contribution in [3.63, 3.8) is 0 Å². The van der Waals surface area contributed by atoms with Crippen molar-refractivity contribution in [2.75, 3.05) is 0 Å². The van der Waals surface area contributed by atoms with Gasteiger partial charge in [0.25, 0.3) is 0 Å². The molecule has 0 aromatic heterocycles. The summed E-state index contributed by atoms with van der Waals surface area (Å²) in [4.78, 5) is 0. The van der Waals surface area contributed by atoms with Crippen LogP contribution in [0, 0.1) is 0 Å². The number of allylic oxidation sites excluding steroid dienone is 1. The Labute approximate surface area is 306 Å². The molecule has 1 spiro atoms. The molecule has 7 aromatic rings. The maximum atomic E-state index is 2.61. The Morgan fingerprint density at radius 1 is 0.500 bits per heavy atom. The van der Waals surface area contributed by atoms with Crippen molar-refractivity contribution in [3.8, 4) is 22.3 Å². The van der Waals surface area contributed by atoms with E-state index in [-0.39, 0.29) is 22.7 Å². The zero-order valence-corrected chi connectivity index (χ0v) is 29.8. The summed E-state index contributed by atoms with van der Waals surface area (Å²) >= 11 is 0. The summed E-state index contributed by atoms with van der Waals surface area (Å²) in [6.45, 7) is 7.10. The molecule has 0 heteroatoms. The lowest BCUT2D eigenvalue weighted by atomic mass is 9.52. The normalized spacial score (nSPS) is 20.5. The van der Waals surface area contributed by atoms with E-state index in [1.165, 1.54) is 83.5 Å². The Balaban J connectivity index is 1.25. The SMILES string of the molecule is CC(C)(C)c1ccc2c(c1)C1c3ccc(-c4ccccc4)cc3-c3ccc4c(c31)C21C2=C(c3ccccc3C2c2ccccc2)c2cccc(c21)C4. The smallest absolute Gasteiger partial charge is 0.0622 e. The van der Waals surface area contributed by atoms with E-state index in [1.54, 1.807) is 22.3 Å². The van der Waals surface area contributed by atoms with Gasteiger partial charge >= 0.3 is 0 Å². The van der Waals surface area contributed by atoms with E-state index in [0.29, 0.717) is 0 Å². The molecular weight excluding hydrogens is 625 g/mol. The maximum absolute atomic E-state index is 2.61. The van der Waals surface area contributed by atoms with Gasteiger partial charge in [-0.3, -0.25) is 0 Å². The number of fused-ring (bicyclic) bond motifs is 8. The average molecular weight is 663 g/mol. The molecular formula is C52H38. The second-order valence-corrected chi connectivity index (χ2v) is 16.7. The molecule has 0 fully saturated rings. The second kappa shape index (κ2) is 9.78. The van der Waals surface area contributed by atoms with Crippen molar-refractivity contribution in [2.24, 2.45) is 0 Å². The molecule has 246 valence electrons. The van der Waals surface area contributed by atoms with Gasteiger partial charge in [-0.25, -0.2) is 0 Å². The molecule has 52 heavy (non-hydrogen) atoms. The van der Waals surface area contributed by atoms with E-state index < -0.39 is 0 Å². The maximum Gasteiger partial charge on any atom is 0.0697 e. The summed E-state index contributed by atoms with van der Waals surface area (Å²) in [7, 11) is 0. The Bertz CT molecular complexity index is 2730. The molecule has 0 radical (unpaired) electrons. The average Bonchev–Trinajstić information content (AvgIpc) is 3.80. The minimum Gasteiger partial charge on any atom is -0.0622 e. The van der Waals surface area contributed by atoms with Crippen molar-refractivity contribution in [1.29, 1.82) is 0 Å². The van der Waals surface area contributed by atoms with Crippen LogP contribution in [0.3, 0.4) is 0 Å². The van der Waals surface area contributed by atoms with Gasteiger partial charge in [0.15, 0.2) is 0 Å². The molecule has 5 aliphatic rings. The number of benzene rings is 7. The molecule has 0 bridgehead atoms. The van der Waals surface area contributed by atoms with E-state index in [4.69, 9.17) is 0 Å². The molecule has 0 N–H and O–H groups in total. The summed E-state index contributed by atoms with van der Waals surface area (Å²) in [6, 6.07) is 58.7. The summed E-state index contributed by atoms with van der Waals surface area (Å²) in [5, 5.41) is 0. The van der Waals surface area contributed by atoms with Gasteiger partial charge in [-0.15, -0.1) is 0 Å². The Morgan fingerprint density at radius 2 is 1.23 bits per heavy atom. The van der Waals surface area contributed by atoms with Gasteiger partial charge in [-0.2, -0.15) is 0 Å². The van der Waals surface area contributed by atoms with Crippen LogP contribution in [0.15, 0.2) is 157 Å². The first-order valence-electron chi connectivity index (χ1n) is 19.0. The van der Waals surface area contributed by atoms with Gasteiger partial charge in [-0.1, -0.05) is 166 Å². The van der Waals surface area contributed by atoms with Gasteiger partial charge in [0, 0.05) is 11.8 Å². The molecule has 0 nitrogen and oxygen atoms in total. The molecule has 5 aliphatic carbocycles. The zero-order chi connectivity index (χ0) is 34.5. The Hall–Kier alpha value is -5.72. The highest BCUT2D eigenvalue weighted by molar-refractivity contribution is 6.02. The highest BCUT2D eigenvalue weighted by Gasteiger charge is 2.61. The highest BCUT2D eigenvalue weighted by atomic mass is 14.6. The quantitative estimate of drug-likeness (QED) is 0.173. The first-order chi connectivity index (χ1) is 25.4. The fourth-order valence-corrected chi connectivity index (χ4v) is 11.2. The lowest BCUT2D eigenvalue weighted by Gasteiger charge is -2.49. The Kier molecular flexibility index (Phi) is 5.44. The molecule has 0 saturated heterocycles. The van der Waals surface area contributed by atoms with E-state index in [2.05, 4.69) is 172 Å². The van der Waals surface area contributed by atoms with E-state index >= 15 is 0 Å². The van der Waals surface area contributed by atoms with Crippen molar-refractivity contribution in [1.82, 2.24) is 0 Å². The standard InChI is InChI=1S/C52H38/c1-51(2,3)35-23-26-43-42(29-35)45-38-24-21-32(30-13-6-4-7-14-30)28-41(38)39-25-22-34-27-33-17-12-20-40-46-37-19-11-10-18-36(37)44(31-15-8-5-9-16-31)50(46)52(43,48(33)40)49(34)47(39)45/h4-26,28-29,44-45H,27H2,1-3H3. The lowest BCUT2D eigenvalue weighted by molar-refractivity contribution is 0.582. The molecule has 3 atom stereocenters. The van der Waals surface area contributed by atoms with Crippen LogP contribution in [0.25, 0.3) is 27.8 Å². The fourth-order valence-electron chi connectivity index (χ4n) is 11.2. The van der Waals surface area contributed by atoms with E-state index in [9.17, 15) is 0 Å². The number of rotatable bonds is 2. The second-order valence-electron chi connectivity index (χ2n) is 16.7. The van der Waals surface area contributed by atoms with Crippen LogP contribution in [-0.4, -0.2) is 0 Å². The van der Waals surface area contributed by atoms with Crippen molar-refractivity contribution < 1.29 is 0 Å². The molecule has 0 heterocycles. The number of hydrogen-bond acceptors (Lipinski definition) is 0. The zero-order valence-electron chi connectivity index (χ0n) is 29.8. The van der Waals surface area contributed by atoms with Crippen LogP contribution in [0.5, 0.6) is 0 Å². The molecule has 0 aliphatic heterocycles. The van der Waals surface area contributed by atoms with Crippen LogP contribution in [0.1, 0.15) is 105 Å². The van der Waals surface area contributed by atoms with Crippen molar-refractivity contribution >= 4 is 5.57 Å². The van der Waals surface area contributed by atoms with Crippen LogP contribution in [0.4, 0.5) is 0 Å². The van der Waals surface area contributed by atoms with Crippen LogP contribution >= 0.6 is 0 Å². The van der Waals surface area contributed by atoms with Crippen molar-refractivity contribution in [3.05, 3.63) is 230 Å². The highest BCUT2D eigenvalue weighted by Crippen LogP contribution is 2.72. The lowest BCUT2D eigenvalue weighted by Crippen LogP contribution is -2.42. The first kappa shape index (κ1) is 28.9. The van der Waals surface area contributed by atoms with Crippen LogP contribution in [-0.2, 0) is 17.3 Å². The van der Waals surface area contributed by atoms with Crippen molar-refractivity contribution in [2.45, 2.75) is 49.9 Å². The van der Waals surface area contributed by atoms with Crippen LogP contribution in [0.2, 0.25) is 0 Å². The van der Waals surface area contributed by atoms with Gasteiger partial charge in [0.2, 0.25) is 0 Å². The molecule has 7 aromatic carbocycles. The summed E-state index contributed by atoms with van der Waals surface area (Å²) < 4.78 is 0. The third kappa shape index (κ3) is 3.40. The molecule has 0 saturated carbocycles. The fraction of sp³-hybridized carbons (Fsp3) is 0.154. The molecule has 12 rings (SSSR count). The predicted molar refractivity (Wildman–Crippen MR) is 213 cm³/mol. The summed E-state index contributed by atoms with van der Waals surface area (Å²) in [5.41, 5.74) is 27.2. The predicted octanol–water partition coefficient (Wildman–Crippen LogP) is 12.3. The third-order valence-electron chi connectivity index (χ3n) is 13.2. The molecule has 0 amide bonds. The first-order valence-corrected chi connectivity index (χ1v) is 19.0. The minimum atomic E-state index is -0.383. The minimum absolute atomic E-state index is 0.0299. The van der Waals surface area contributed by atoms with Gasteiger partial charge < -0.3 is 0 Å². The van der Waals surface area contributed by atoms with E-state index in [0.717, 1.165) is 6.42 Å². The van der Waals surface area contributed by atoms with Gasteiger partial charge in [0.05, 0.1) is 5.41 Å². The topological polar surface area (TPSA) is 0 Å². The molecule has 3 unspecified atom stereocenters. The van der Waals surface area contributed by atoms with Crippen LogP contribution < -0.4 is 0 Å². The number of hydrogen-bond donors (Lipinski definition) is 0. The van der Waals surface area contributed by atoms with Gasteiger partial charge in [-0.05, 0) is 124 Å². The van der Waals surface area contributed by atoms with E-state index in [1.807, 2.05) is 0 Å². The third-order valence-corrected chi connectivity index (χ3v) is 13.2. The summed E-state index contributed by atoms with van der Waals surface area (Å²) in [5.74, 6) is 0.361. The largest absolute Gasteiger partial charge is 0.0697 e. The summed E-state index contributed by atoms with van der Waals surface area (Å²) in [6.07, 6.45) is 0.972. The van der Waals surface area contributed by atoms with Gasteiger partial charge in [0.1, 0.15) is 0 Å².